The Hall–Kier alpha value is -4.00. The minimum Gasteiger partial charge on any atom is -0.466 e. The van der Waals surface area contributed by atoms with Gasteiger partial charge in [-0.05, 0) is 12.5 Å². The Labute approximate surface area is 178 Å². The number of aromatic nitrogens is 3. The maximum absolute atomic E-state index is 13.3. The summed E-state index contributed by atoms with van der Waals surface area (Å²) < 4.78 is 4.93. The predicted octanol–water partition coefficient (Wildman–Crippen LogP) is 3.64. The number of esters is 1. The van der Waals surface area contributed by atoms with Crippen LogP contribution in [-0.2, 0) is 16.0 Å². The summed E-state index contributed by atoms with van der Waals surface area (Å²) in [6.45, 7) is 2.03. The molecule has 2 aromatic heterocycles. The van der Waals surface area contributed by atoms with E-state index in [0.29, 0.717) is 40.3 Å². The van der Waals surface area contributed by atoms with Gasteiger partial charge in [-0.3, -0.25) is 14.4 Å². The second-order valence-corrected chi connectivity index (χ2v) is 6.98. The van der Waals surface area contributed by atoms with Crippen LogP contribution in [0.3, 0.4) is 0 Å². The molecule has 156 valence electrons. The molecule has 0 saturated carbocycles. The van der Waals surface area contributed by atoms with Gasteiger partial charge in [-0.1, -0.05) is 60.7 Å². The van der Waals surface area contributed by atoms with Crippen LogP contribution >= 0.6 is 0 Å². The summed E-state index contributed by atoms with van der Waals surface area (Å²) in [6, 6.07) is 18.1. The van der Waals surface area contributed by atoms with E-state index in [1.165, 1.54) is 0 Å². The number of aromatic amines is 2. The second kappa shape index (κ2) is 8.79. The number of H-pyrrole nitrogens is 2. The van der Waals surface area contributed by atoms with Crippen molar-refractivity contribution in [3.8, 4) is 11.1 Å². The first-order chi connectivity index (χ1) is 15.1. The maximum Gasteiger partial charge on any atom is 0.306 e. The fourth-order valence-electron chi connectivity index (χ4n) is 3.53. The number of ether oxygens (including phenoxy) is 1. The Bertz CT molecular complexity index is 1290. The van der Waals surface area contributed by atoms with Crippen LogP contribution in [0.4, 0.5) is 0 Å². The number of aryl methyl sites for hydroxylation is 1. The van der Waals surface area contributed by atoms with Gasteiger partial charge in [-0.15, -0.1) is 0 Å². The Kier molecular flexibility index (Phi) is 5.75. The first-order valence-electron chi connectivity index (χ1n) is 10.0. The standard InChI is InChI=1S/C24H21N3O4/c1-2-31-18(28)14-13-17-25-23-20(24(30)26-17)19(15-9-5-3-6-10-15)21(27-23)22(29)16-11-7-4-8-12-16/h3-12H,2,13-14H2,1H3,(H2,25,26,27,30). The lowest BCUT2D eigenvalue weighted by Gasteiger charge is -2.05. The summed E-state index contributed by atoms with van der Waals surface area (Å²) in [5.41, 5.74) is 2.00. The van der Waals surface area contributed by atoms with Gasteiger partial charge in [0.15, 0.2) is 0 Å². The molecule has 0 amide bonds. The molecule has 7 heteroatoms. The number of hydrogen-bond acceptors (Lipinski definition) is 5. The number of nitrogens with zero attached hydrogens (tertiary/aromatic N) is 1. The molecule has 0 fully saturated rings. The fourth-order valence-corrected chi connectivity index (χ4v) is 3.53. The van der Waals surface area contributed by atoms with E-state index < -0.39 is 5.56 Å². The topological polar surface area (TPSA) is 105 Å². The molecule has 2 aromatic carbocycles. The van der Waals surface area contributed by atoms with Crippen LogP contribution in [0.2, 0.25) is 0 Å². The van der Waals surface area contributed by atoms with Gasteiger partial charge in [0.1, 0.15) is 11.5 Å². The molecule has 4 rings (SSSR count). The molecule has 0 aliphatic rings. The van der Waals surface area contributed by atoms with Crippen LogP contribution in [0, 0.1) is 0 Å². The Morgan fingerprint density at radius 3 is 2.32 bits per heavy atom. The molecule has 0 aliphatic carbocycles. The average Bonchev–Trinajstić information content (AvgIpc) is 3.18. The maximum atomic E-state index is 13.3. The molecule has 0 spiro atoms. The van der Waals surface area contributed by atoms with Gasteiger partial charge in [0.25, 0.3) is 5.56 Å². The smallest absolute Gasteiger partial charge is 0.306 e. The third-order valence-electron chi connectivity index (χ3n) is 4.92. The quantitative estimate of drug-likeness (QED) is 0.354. The molecule has 0 aliphatic heterocycles. The number of carbonyl (C=O) groups excluding carboxylic acids is 2. The molecule has 0 radical (unpaired) electrons. The van der Waals surface area contributed by atoms with Gasteiger partial charge in [-0.2, -0.15) is 4.98 Å². The van der Waals surface area contributed by atoms with Gasteiger partial charge in [0.05, 0.1) is 24.1 Å². The van der Waals surface area contributed by atoms with Crippen molar-refractivity contribution < 1.29 is 14.3 Å². The zero-order valence-electron chi connectivity index (χ0n) is 17.0. The summed E-state index contributed by atoms with van der Waals surface area (Å²) in [5.74, 6) is -0.233. The molecule has 2 N–H and O–H groups in total. The number of carbonyl (C=O) groups is 2. The monoisotopic (exact) mass is 415 g/mol. The number of benzene rings is 2. The molecule has 0 unspecified atom stereocenters. The van der Waals surface area contributed by atoms with Gasteiger partial charge in [-0.25, -0.2) is 0 Å². The Balaban J connectivity index is 1.84. The van der Waals surface area contributed by atoms with E-state index >= 15 is 0 Å². The van der Waals surface area contributed by atoms with E-state index in [2.05, 4.69) is 15.0 Å². The molecule has 31 heavy (non-hydrogen) atoms. The van der Waals surface area contributed by atoms with E-state index in [1.807, 2.05) is 36.4 Å². The fraction of sp³-hybridized carbons (Fsp3) is 0.167. The lowest BCUT2D eigenvalue weighted by Crippen LogP contribution is -2.14. The van der Waals surface area contributed by atoms with Crippen molar-refractivity contribution in [2.75, 3.05) is 6.61 Å². The van der Waals surface area contributed by atoms with Crippen LogP contribution in [0.1, 0.15) is 35.2 Å². The van der Waals surface area contributed by atoms with E-state index in [1.54, 1.807) is 31.2 Å². The van der Waals surface area contributed by atoms with Gasteiger partial charge in [0, 0.05) is 17.5 Å². The Morgan fingerprint density at radius 2 is 1.65 bits per heavy atom. The molecule has 0 atom stereocenters. The minimum absolute atomic E-state index is 0.102. The van der Waals surface area contributed by atoms with Crippen molar-refractivity contribution >= 4 is 22.8 Å². The van der Waals surface area contributed by atoms with Crippen molar-refractivity contribution in [1.82, 2.24) is 15.0 Å². The van der Waals surface area contributed by atoms with Crippen molar-refractivity contribution in [2.45, 2.75) is 19.8 Å². The number of fused-ring (bicyclic) bond motifs is 1. The first kappa shape index (κ1) is 20.3. The normalized spacial score (nSPS) is 10.9. The average molecular weight is 415 g/mol. The molecular weight excluding hydrogens is 394 g/mol. The van der Waals surface area contributed by atoms with E-state index in [0.717, 1.165) is 5.56 Å². The highest BCUT2D eigenvalue weighted by Gasteiger charge is 2.23. The third kappa shape index (κ3) is 4.16. The lowest BCUT2D eigenvalue weighted by atomic mass is 9.98. The number of hydrogen-bond donors (Lipinski definition) is 2. The van der Waals surface area contributed by atoms with Crippen LogP contribution in [0.25, 0.3) is 22.2 Å². The van der Waals surface area contributed by atoms with Crippen LogP contribution < -0.4 is 5.56 Å². The van der Waals surface area contributed by atoms with Crippen molar-refractivity contribution in [1.29, 1.82) is 0 Å². The summed E-state index contributed by atoms with van der Waals surface area (Å²) in [7, 11) is 0. The van der Waals surface area contributed by atoms with Crippen LogP contribution in [0.15, 0.2) is 65.5 Å². The minimum atomic E-state index is -0.463. The van der Waals surface area contributed by atoms with Gasteiger partial charge >= 0.3 is 5.97 Å². The predicted molar refractivity (Wildman–Crippen MR) is 117 cm³/mol. The third-order valence-corrected chi connectivity index (χ3v) is 4.92. The summed E-state index contributed by atoms with van der Waals surface area (Å²) in [4.78, 5) is 48.2. The van der Waals surface area contributed by atoms with Gasteiger partial charge < -0.3 is 14.7 Å². The first-order valence-corrected chi connectivity index (χ1v) is 10.0. The molecule has 4 aromatic rings. The van der Waals surface area contributed by atoms with Crippen LogP contribution in [0.5, 0.6) is 0 Å². The van der Waals surface area contributed by atoms with Crippen molar-refractivity contribution in [3.05, 3.63) is 88.1 Å². The molecule has 0 saturated heterocycles. The van der Waals surface area contributed by atoms with Crippen LogP contribution in [-0.4, -0.2) is 33.3 Å². The molecule has 2 heterocycles. The van der Waals surface area contributed by atoms with E-state index in [9.17, 15) is 14.4 Å². The summed E-state index contributed by atoms with van der Waals surface area (Å²) in [6.07, 6.45) is 0.329. The zero-order chi connectivity index (χ0) is 21.8. The van der Waals surface area contributed by atoms with E-state index in [-0.39, 0.29) is 24.6 Å². The largest absolute Gasteiger partial charge is 0.466 e. The number of ketones is 1. The summed E-state index contributed by atoms with van der Waals surface area (Å²) in [5, 5.41) is 0.311. The lowest BCUT2D eigenvalue weighted by molar-refractivity contribution is -0.143. The molecular formula is C24H21N3O4. The second-order valence-electron chi connectivity index (χ2n) is 6.98. The van der Waals surface area contributed by atoms with Crippen molar-refractivity contribution in [3.63, 3.8) is 0 Å². The van der Waals surface area contributed by atoms with Gasteiger partial charge in [0.2, 0.25) is 5.78 Å². The highest BCUT2D eigenvalue weighted by Crippen LogP contribution is 2.31. The summed E-state index contributed by atoms with van der Waals surface area (Å²) >= 11 is 0. The zero-order valence-corrected chi connectivity index (χ0v) is 17.0. The highest BCUT2D eigenvalue weighted by molar-refractivity contribution is 6.16. The molecule has 0 bridgehead atoms. The van der Waals surface area contributed by atoms with Crippen molar-refractivity contribution in [2.24, 2.45) is 0 Å². The SMILES string of the molecule is CCOC(=O)CCc1nc(=O)c2c(-c3ccccc3)c(C(=O)c3ccccc3)[nH]c2[nH]1. The van der Waals surface area contributed by atoms with E-state index in [4.69, 9.17) is 4.74 Å². The Morgan fingerprint density at radius 1 is 0.968 bits per heavy atom. The molecule has 7 nitrogen and oxygen atoms in total. The highest BCUT2D eigenvalue weighted by atomic mass is 16.5. The number of nitrogens with one attached hydrogen (secondary N) is 2. The number of rotatable bonds is 7.